The Balaban J connectivity index is 2.30. The van der Waals surface area contributed by atoms with Gasteiger partial charge in [-0.3, -0.25) is 0 Å². The van der Waals surface area contributed by atoms with Crippen molar-refractivity contribution in [2.75, 3.05) is 5.73 Å². The molecule has 0 aliphatic heterocycles. The Bertz CT molecular complexity index is 524. The van der Waals surface area contributed by atoms with Gasteiger partial charge in [-0.15, -0.1) is 0 Å². The molecule has 0 spiro atoms. The zero-order valence-electron chi connectivity index (χ0n) is 10.7. The van der Waals surface area contributed by atoms with Gasteiger partial charge in [-0.05, 0) is 55.5 Å². The molecule has 0 amide bonds. The van der Waals surface area contributed by atoms with Crippen LogP contribution in [0, 0.1) is 20.8 Å². The first kappa shape index (κ1) is 11.7. The molecule has 2 rings (SSSR count). The lowest BCUT2D eigenvalue weighted by molar-refractivity contribution is 1.14. The van der Waals surface area contributed by atoms with Gasteiger partial charge in [0.25, 0.3) is 0 Å². The molecular formula is C16H19N. The van der Waals surface area contributed by atoms with Crippen LogP contribution in [0.3, 0.4) is 0 Å². The van der Waals surface area contributed by atoms with Gasteiger partial charge in [0.1, 0.15) is 0 Å². The molecule has 0 atom stereocenters. The molecule has 2 aromatic rings. The van der Waals surface area contributed by atoms with E-state index in [0.29, 0.717) is 0 Å². The molecule has 88 valence electrons. The summed E-state index contributed by atoms with van der Waals surface area (Å²) in [6, 6.07) is 13.0. The Hall–Kier alpha value is -1.76. The van der Waals surface area contributed by atoms with E-state index in [0.717, 1.165) is 17.7 Å². The summed E-state index contributed by atoms with van der Waals surface area (Å²) in [7, 11) is 0. The van der Waals surface area contributed by atoms with E-state index in [1.165, 1.54) is 22.3 Å². The largest absolute Gasteiger partial charge is 0.399 e. The fraction of sp³-hybridized carbons (Fsp3) is 0.250. The van der Waals surface area contributed by atoms with Crippen LogP contribution in [0.2, 0.25) is 0 Å². The molecule has 0 saturated carbocycles. The van der Waals surface area contributed by atoms with Crippen LogP contribution in [-0.4, -0.2) is 0 Å². The number of hydrogen-bond acceptors (Lipinski definition) is 1. The van der Waals surface area contributed by atoms with Gasteiger partial charge in [-0.1, -0.05) is 35.9 Å². The summed E-state index contributed by atoms with van der Waals surface area (Å²) in [6.07, 6.45) is 0.979. The van der Waals surface area contributed by atoms with Gasteiger partial charge in [-0.25, -0.2) is 0 Å². The molecule has 0 aliphatic carbocycles. The molecule has 0 saturated heterocycles. The molecule has 0 fully saturated rings. The van der Waals surface area contributed by atoms with Crippen LogP contribution in [-0.2, 0) is 6.42 Å². The SMILES string of the molecule is Cc1ccc(Cc2cc(C)c(N)cc2C)cc1. The predicted molar refractivity (Wildman–Crippen MR) is 74.3 cm³/mol. The van der Waals surface area contributed by atoms with E-state index in [9.17, 15) is 0 Å². The van der Waals surface area contributed by atoms with Gasteiger partial charge in [0, 0.05) is 5.69 Å². The Morgan fingerprint density at radius 1 is 0.882 bits per heavy atom. The van der Waals surface area contributed by atoms with Gasteiger partial charge in [0.2, 0.25) is 0 Å². The Morgan fingerprint density at radius 3 is 2.18 bits per heavy atom. The fourth-order valence-electron chi connectivity index (χ4n) is 2.01. The van der Waals surface area contributed by atoms with Crippen molar-refractivity contribution in [3.63, 3.8) is 0 Å². The van der Waals surface area contributed by atoms with Gasteiger partial charge in [0.15, 0.2) is 0 Å². The molecule has 1 nitrogen and oxygen atoms in total. The first-order valence-corrected chi connectivity index (χ1v) is 5.97. The molecule has 0 aliphatic rings. The van der Waals surface area contributed by atoms with Gasteiger partial charge >= 0.3 is 0 Å². The van der Waals surface area contributed by atoms with Crippen LogP contribution >= 0.6 is 0 Å². The summed E-state index contributed by atoms with van der Waals surface area (Å²) in [4.78, 5) is 0. The van der Waals surface area contributed by atoms with Crippen LogP contribution < -0.4 is 5.73 Å². The maximum Gasteiger partial charge on any atom is 0.0346 e. The molecule has 0 bridgehead atoms. The minimum Gasteiger partial charge on any atom is -0.399 e. The van der Waals surface area contributed by atoms with E-state index in [4.69, 9.17) is 5.73 Å². The molecule has 17 heavy (non-hydrogen) atoms. The molecule has 1 heteroatoms. The highest BCUT2D eigenvalue weighted by molar-refractivity contribution is 5.52. The standard InChI is InChI=1S/C16H19N/c1-11-4-6-14(7-5-11)10-15-8-13(3)16(17)9-12(15)2/h4-9H,10,17H2,1-3H3. The van der Waals surface area contributed by atoms with Crippen LogP contribution in [0.4, 0.5) is 5.69 Å². The van der Waals surface area contributed by atoms with Crippen molar-refractivity contribution < 1.29 is 0 Å². The van der Waals surface area contributed by atoms with Crippen molar-refractivity contribution in [3.05, 3.63) is 64.2 Å². The number of hydrogen-bond donors (Lipinski definition) is 1. The summed E-state index contributed by atoms with van der Waals surface area (Å²) in [5, 5.41) is 0. The van der Waals surface area contributed by atoms with Crippen molar-refractivity contribution in [1.29, 1.82) is 0 Å². The maximum atomic E-state index is 5.90. The maximum absolute atomic E-state index is 5.90. The fourth-order valence-corrected chi connectivity index (χ4v) is 2.01. The average molecular weight is 225 g/mol. The lowest BCUT2D eigenvalue weighted by Gasteiger charge is -2.10. The third kappa shape index (κ3) is 2.68. The normalized spacial score (nSPS) is 10.5. The second-order valence-corrected chi connectivity index (χ2v) is 4.80. The van der Waals surface area contributed by atoms with E-state index < -0.39 is 0 Å². The van der Waals surface area contributed by atoms with Gasteiger partial charge in [0.05, 0.1) is 0 Å². The average Bonchev–Trinajstić information content (AvgIpc) is 2.29. The Labute approximate surface area is 103 Å². The number of anilines is 1. The first-order valence-electron chi connectivity index (χ1n) is 5.97. The third-order valence-corrected chi connectivity index (χ3v) is 3.24. The zero-order chi connectivity index (χ0) is 12.4. The lowest BCUT2D eigenvalue weighted by atomic mass is 9.97. The molecule has 2 aromatic carbocycles. The highest BCUT2D eigenvalue weighted by Crippen LogP contribution is 2.20. The quantitative estimate of drug-likeness (QED) is 0.773. The van der Waals surface area contributed by atoms with Crippen molar-refractivity contribution >= 4 is 5.69 Å². The van der Waals surface area contributed by atoms with E-state index in [1.807, 2.05) is 0 Å². The third-order valence-electron chi connectivity index (χ3n) is 3.24. The molecular weight excluding hydrogens is 206 g/mol. The van der Waals surface area contributed by atoms with E-state index >= 15 is 0 Å². The second kappa shape index (κ2) is 4.62. The number of nitrogens with two attached hydrogens (primary N) is 1. The molecule has 2 N–H and O–H groups in total. The van der Waals surface area contributed by atoms with Gasteiger partial charge < -0.3 is 5.73 Å². The summed E-state index contributed by atoms with van der Waals surface area (Å²) >= 11 is 0. The van der Waals surface area contributed by atoms with Gasteiger partial charge in [-0.2, -0.15) is 0 Å². The van der Waals surface area contributed by atoms with Crippen LogP contribution in [0.5, 0.6) is 0 Å². The van der Waals surface area contributed by atoms with Crippen LogP contribution in [0.1, 0.15) is 27.8 Å². The van der Waals surface area contributed by atoms with Crippen molar-refractivity contribution in [2.24, 2.45) is 0 Å². The predicted octanol–water partition coefficient (Wildman–Crippen LogP) is 3.78. The first-order chi connectivity index (χ1) is 8.06. The molecule has 0 radical (unpaired) electrons. The number of benzene rings is 2. The van der Waals surface area contributed by atoms with E-state index in [-0.39, 0.29) is 0 Å². The number of nitrogen functional groups attached to an aromatic ring is 1. The van der Waals surface area contributed by atoms with Crippen molar-refractivity contribution in [2.45, 2.75) is 27.2 Å². The molecule has 0 unspecified atom stereocenters. The summed E-state index contributed by atoms with van der Waals surface area (Å²) in [5.74, 6) is 0. The highest BCUT2D eigenvalue weighted by atomic mass is 14.6. The van der Waals surface area contributed by atoms with Crippen molar-refractivity contribution in [1.82, 2.24) is 0 Å². The molecule has 0 aromatic heterocycles. The summed E-state index contributed by atoms with van der Waals surface area (Å²) in [5.41, 5.74) is 13.2. The van der Waals surface area contributed by atoms with E-state index in [1.54, 1.807) is 0 Å². The minimum atomic E-state index is 0.884. The van der Waals surface area contributed by atoms with Crippen LogP contribution in [0.15, 0.2) is 36.4 Å². The van der Waals surface area contributed by atoms with Crippen molar-refractivity contribution in [3.8, 4) is 0 Å². The monoisotopic (exact) mass is 225 g/mol. The topological polar surface area (TPSA) is 26.0 Å². The Morgan fingerprint density at radius 2 is 1.53 bits per heavy atom. The number of aryl methyl sites for hydroxylation is 3. The smallest absolute Gasteiger partial charge is 0.0346 e. The lowest BCUT2D eigenvalue weighted by Crippen LogP contribution is -1.97. The summed E-state index contributed by atoms with van der Waals surface area (Å²) in [6.45, 7) is 6.30. The van der Waals surface area contributed by atoms with E-state index in [2.05, 4.69) is 57.2 Å². The zero-order valence-corrected chi connectivity index (χ0v) is 10.7. The Kier molecular flexibility index (Phi) is 3.19. The summed E-state index contributed by atoms with van der Waals surface area (Å²) < 4.78 is 0. The second-order valence-electron chi connectivity index (χ2n) is 4.80. The highest BCUT2D eigenvalue weighted by Gasteiger charge is 2.03. The minimum absolute atomic E-state index is 0.884. The van der Waals surface area contributed by atoms with Crippen LogP contribution in [0.25, 0.3) is 0 Å². The molecule has 0 heterocycles. The number of rotatable bonds is 2.